The maximum Gasteiger partial charge on any atom is 0.181 e. The molecule has 0 saturated heterocycles. The quantitative estimate of drug-likeness (QED) is 0.150. The molecular formula is C41H30N2Si. The summed E-state index contributed by atoms with van der Waals surface area (Å²) in [7, 11) is -2.81. The van der Waals surface area contributed by atoms with Crippen LogP contribution in [0.4, 0.5) is 0 Å². The second-order valence-electron chi connectivity index (χ2n) is 11.2. The summed E-state index contributed by atoms with van der Waals surface area (Å²) < 4.78 is 2.39. The van der Waals surface area contributed by atoms with E-state index in [9.17, 15) is 0 Å². The van der Waals surface area contributed by atoms with Crippen molar-refractivity contribution in [3.8, 4) is 16.8 Å². The molecule has 6 aromatic carbocycles. The second-order valence-corrected chi connectivity index (χ2v) is 15.0. The number of nitrogens with zero attached hydrogens (tertiary/aromatic N) is 2. The molecule has 2 nitrogen and oxygen atoms in total. The van der Waals surface area contributed by atoms with Crippen LogP contribution in [0, 0.1) is 0 Å². The summed E-state index contributed by atoms with van der Waals surface area (Å²) in [6, 6.07) is 61.8. The van der Waals surface area contributed by atoms with Gasteiger partial charge in [0, 0.05) is 28.9 Å². The number of benzene rings is 6. The van der Waals surface area contributed by atoms with E-state index in [1.807, 2.05) is 6.20 Å². The predicted molar refractivity (Wildman–Crippen MR) is 188 cm³/mol. The lowest BCUT2D eigenvalue weighted by atomic mass is 10.1. The van der Waals surface area contributed by atoms with Gasteiger partial charge in [-0.25, -0.2) is 0 Å². The summed E-state index contributed by atoms with van der Waals surface area (Å²) in [6.45, 7) is 0. The number of hydrogen-bond acceptors (Lipinski definition) is 1. The van der Waals surface area contributed by atoms with Crippen molar-refractivity contribution in [2.75, 3.05) is 0 Å². The average Bonchev–Trinajstić information content (AvgIpc) is 3.44. The fourth-order valence-corrected chi connectivity index (χ4v) is 11.6. The summed E-state index contributed by atoms with van der Waals surface area (Å²) in [5.41, 5.74) is 5.90. The molecule has 0 radical (unpaired) electrons. The molecule has 0 atom stereocenters. The Bertz CT molecular complexity index is 2170. The van der Waals surface area contributed by atoms with Gasteiger partial charge in [-0.1, -0.05) is 146 Å². The molecule has 0 spiro atoms. The summed E-state index contributed by atoms with van der Waals surface area (Å²) in [5.74, 6) is 0. The van der Waals surface area contributed by atoms with Crippen LogP contribution in [0.25, 0.3) is 38.6 Å². The van der Waals surface area contributed by atoms with E-state index in [0.717, 1.165) is 5.56 Å². The van der Waals surface area contributed by atoms with Crippen LogP contribution < -0.4 is 20.7 Å². The van der Waals surface area contributed by atoms with Gasteiger partial charge in [-0.3, -0.25) is 4.98 Å². The number of para-hydroxylation sites is 2. The van der Waals surface area contributed by atoms with Crippen molar-refractivity contribution in [1.82, 2.24) is 9.55 Å². The molecule has 0 N–H and O–H groups in total. The minimum Gasteiger partial charge on any atom is -0.309 e. The molecule has 0 saturated carbocycles. The number of aromatic nitrogens is 2. The van der Waals surface area contributed by atoms with Crippen LogP contribution in [-0.2, 0) is 0 Å². The zero-order chi connectivity index (χ0) is 29.3. The Kier molecular flexibility index (Phi) is 6.51. The molecule has 0 aliphatic carbocycles. The van der Waals surface area contributed by atoms with Crippen LogP contribution in [-0.4, -0.2) is 17.6 Å². The molecular weight excluding hydrogens is 549 g/mol. The molecule has 8 rings (SSSR count). The van der Waals surface area contributed by atoms with Gasteiger partial charge in [0.15, 0.2) is 8.07 Å². The normalized spacial score (nSPS) is 11.6. The van der Waals surface area contributed by atoms with E-state index in [4.69, 9.17) is 4.98 Å². The molecule has 3 heteroatoms. The highest BCUT2D eigenvalue weighted by Gasteiger charge is 2.42. The first-order valence-corrected chi connectivity index (χ1v) is 17.1. The van der Waals surface area contributed by atoms with Crippen molar-refractivity contribution in [2.24, 2.45) is 0 Å². The van der Waals surface area contributed by atoms with Crippen LogP contribution in [0.15, 0.2) is 182 Å². The number of hydrogen-bond donors (Lipinski definition) is 0. The Morgan fingerprint density at radius 3 is 1.64 bits per heavy atom. The highest BCUT2D eigenvalue weighted by atomic mass is 28.3. The van der Waals surface area contributed by atoms with Crippen LogP contribution in [0.3, 0.4) is 0 Å². The van der Waals surface area contributed by atoms with Crippen LogP contribution in [0.2, 0.25) is 0 Å². The van der Waals surface area contributed by atoms with E-state index < -0.39 is 8.07 Å². The molecule has 0 amide bonds. The van der Waals surface area contributed by atoms with Gasteiger partial charge < -0.3 is 4.57 Å². The first-order valence-electron chi connectivity index (χ1n) is 15.1. The fourth-order valence-electron chi connectivity index (χ4n) is 6.87. The molecule has 208 valence electrons. The van der Waals surface area contributed by atoms with Gasteiger partial charge >= 0.3 is 0 Å². The van der Waals surface area contributed by atoms with Crippen LogP contribution >= 0.6 is 0 Å². The Labute approximate surface area is 258 Å². The number of pyridine rings is 1. The van der Waals surface area contributed by atoms with Crippen molar-refractivity contribution >= 4 is 50.6 Å². The van der Waals surface area contributed by atoms with Crippen LogP contribution in [0.5, 0.6) is 0 Å². The van der Waals surface area contributed by atoms with Crippen molar-refractivity contribution in [3.05, 3.63) is 182 Å². The molecule has 0 unspecified atom stereocenters. The highest BCUT2D eigenvalue weighted by Crippen LogP contribution is 2.32. The van der Waals surface area contributed by atoms with Gasteiger partial charge in [0.1, 0.15) is 0 Å². The van der Waals surface area contributed by atoms with Crippen molar-refractivity contribution in [2.45, 2.75) is 0 Å². The molecule has 44 heavy (non-hydrogen) atoms. The highest BCUT2D eigenvalue weighted by molar-refractivity contribution is 7.20. The predicted octanol–water partition coefficient (Wildman–Crippen LogP) is 7.22. The lowest BCUT2D eigenvalue weighted by Gasteiger charge is -2.34. The van der Waals surface area contributed by atoms with E-state index in [0.29, 0.717) is 0 Å². The van der Waals surface area contributed by atoms with E-state index in [1.54, 1.807) is 0 Å². The third-order valence-corrected chi connectivity index (χ3v) is 13.5. The minimum absolute atomic E-state index is 1.13. The monoisotopic (exact) mass is 578 g/mol. The van der Waals surface area contributed by atoms with Gasteiger partial charge in [-0.15, -0.1) is 0 Å². The molecule has 2 aromatic heterocycles. The first-order chi connectivity index (χ1) is 21.8. The summed E-state index contributed by atoms with van der Waals surface area (Å²) in [5, 5.41) is 7.80. The van der Waals surface area contributed by atoms with Gasteiger partial charge in [0.2, 0.25) is 0 Å². The Hall–Kier alpha value is -5.51. The van der Waals surface area contributed by atoms with Gasteiger partial charge in [-0.05, 0) is 56.1 Å². The summed E-state index contributed by atoms with van der Waals surface area (Å²) in [6.07, 6.45) is 4.10. The standard InChI is InChI=1S/C41H30N2Si/c1-5-15-31(16-6-1)32-27-37(30-42-29-32)44(34-19-9-3-10-20-34,35-21-11-4-12-22-35)36-25-26-41-39(28-36)38-23-13-14-24-40(38)43(41)33-17-7-2-8-18-33/h1-30H. The van der Waals surface area contributed by atoms with Crippen LogP contribution in [0.1, 0.15) is 0 Å². The zero-order valence-corrected chi connectivity index (χ0v) is 25.2. The lowest BCUT2D eigenvalue weighted by Crippen LogP contribution is -2.74. The largest absolute Gasteiger partial charge is 0.309 e. The first kappa shape index (κ1) is 26.1. The lowest BCUT2D eigenvalue weighted by molar-refractivity contribution is 1.18. The fraction of sp³-hybridized carbons (Fsp3) is 0. The van der Waals surface area contributed by atoms with Crippen molar-refractivity contribution < 1.29 is 0 Å². The third kappa shape index (κ3) is 4.21. The summed E-state index contributed by atoms with van der Waals surface area (Å²) in [4.78, 5) is 4.89. The van der Waals surface area contributed by atoms with Crippen molar-refractivity contribution in [3.63, 3.8) is 0 Å². The van der Waals surface area contributed by atoms with Gasteiger partial charge in [-0.2, -0.15) is 0 Å². The topological polar surface area (TPSA) is 17.8 Å². The molecule has 8 aromatic rings. The second kappa shape index (κ2) is 11.0. The number of rotatable bonds is 6. The number of fused-ring (bicyclic) bond motifs is 3. The molecule has 0 aliphatic heterocycles. The Morgan fingerprint density at radius 2 is 0.955 bits per heavy atom. The maximum absolute atomic E-state index is 4.89. The van der Waals surface area contributed by atoms with E-state index >= 15 is 0 Å². The molecule has 0 aliphatic rings. The van der Waals surface area contributed by atoms with Gasteiger partial charge in [0.25, 0.3) is 0 Å². The van der Waals surface area contributed by atoms with Gasteiger partial charge in [0.05, 0.1) is 11.0 Å². The summed E-state index contributed by atoms with van der Waals surface area (Å²) >= 11 is 0. The minimum atomic E-state index is -2.81. The molecule has 0 bridgehead atoms. The third-order valence-electron chi connectivity index (χ3n) is 8.81. The smallest absolute Gasteiger partial charge is 0.181 e. The Morgan fingerprint density at radius 1 is 0.386 bits per heavy atom. The Balaban J connectivity index is 1.48. The molecule has 2 heterocycles. The van der Waals surface area contributed by atoms with E-state index in [1.165, 1.54) is 53.8 Å². The van der Waals surface area contributed by atoms with Crippen molar-refractivity contribution in [1.29, 1.82) is 0 Å². The molecule has 0 fully saturated rings. The SMILES string of the molecule is c1ccc(-c2cncc([Si](c3ccccc3)(c3ccccc3)c3ccc4c(c3)c3ccccc3n4-c3ccccc3)c2)cc1. The maximum atomic E-state index is 4.89. The van der Waals surface area contributed by atoms with E-state index in [-0.39, 0.29) is 0 Å². The average molecular weight is 579 g/mol. The van der Waals surface area contributed by atoms with E-state index in [2.05, 4.69) is 181 Å². The zero-order valence-electron chi connectivity index (χ0n) is 24.2.